The highest BCUT2D eigenvalue weighted by molar-refractivity contribution is 4.63. The molecule has 2 heteroatoms. The second-order valence-corrected chi connectivity index (χ2v) is 1.96. The molecule has 0 saturated heterocycles. The molecule has 9 heavy (non-hydrogen) atoms. The topological polar surface area (TPSA) is 29.1 Å². The highest BCUT2D eigenvalue weighted by Gasteiger charge is 1.94. The zero-order chi connectivity index (χ0) is 7.11. The predicted octanol–water partition coefficient (Wildman–Crippen LogP) is 1.40. The molecule has 0 saturated carbocycles. The second-order valence-electron chi connectivity index (χ2n) is 1.96. The fraction of sp³-hybridized carbons (Fsp3) is 0.714. The van der Waals surface area contributed by atoms with Crippen molar-refractivity contribution >= 4 is 0 Å². The molecule has 0 bridgehead atoms. The Morgan fingerprint density at radius 3 is 2.89 bits per heavy atom. The van der Waals surface area contributed by atoms with Crippen LogP contribution in [0.5, 0.6) is 0 Å². The molecule has 0 N–H and O–H groups in total. The number of hydrogen-bond donors (Lipinski definition) is 0. The standard InChI is InChI=1S/C7H13O2/c1-3-5-9-6-4-7(2)8/h3,7H,1,4-6H2,2H3. The molecule has 0 fully saturated rings. The Balaban J connectivity index is 2.82. The minimum Gasteiger partial charge on any atom is -0.377 e. The lowest BCUT2D eigenvalue weighted by Gasteiger charge is -2.00. The lowest BCUT2D eigenvalue weighted by Crippen LogP contribution is -2.03. The third kappa shape index (κ3) is 7.66. The smallest absolute Gasteiger partial charge is 0.0924 e. The van der Waals surface area contributed by atoms with Gasteiger partial charge in [-0.15, -0.1) is 6.58 Å². The van der Waals surface area contributed by atoms with E-state index < -0.39 is 6.10 Å². The maximum Gasteiger partial charge on any atom is 0.0924 e. The van der Waals surface area contributed by atoms with Gasteiger partial charge in [0.25, 0.3) is 0 Å². The lowest BCUT2D eigenvalue weighted by atomic mass is 10.3. The van der Waals surface area contributed by atoms with Gasteiger partial charge >= 0.3 is 0 Å². The number of hydrogen-bond acceptors (Lipinski definition) is 1. The Morgan fingerprint density at radius 2 is 2.44 bits per heavy atom. The monoisotopic (exact) mass is 129 g/mol. The Labute approximate surface area is 56.1 Å². The summed E-state index contributed by atoms with van der Waals surface area (Å²) in [6.45, 7) is 6.21. The molecule has 0 aromatic rings. The van der Waals surface area contributed by atoms with E-state index in [0.717, 1.165) is 0 Å². The molecule has 1 atom stereocenters. The molecule has 0 aliphatic heterocycles. The molecular weight excluding hydrogens is 116 g/mol. The Kier molecular flexibility index (Phi) is 5.57. The third-order valence-electron chi connectivity index (χ3n) is 0.904. The van der Waals surface area contributed by atoms with Crippen LogP contribution in [0.1, 0.15) is 13.3 Å². The van der Waals surface area contributed by atoms with Crippen molar-refractivity contribution in [1.82, 2.24) is 0 Å². The zero-order valence-electron chi connectivity index (χ0n) is 5.80. The second kappa shape index (κ2) is 5.79. The summed E-state index contributed by atoms with van der Waals surface area (Å²) in [4.78, 5) is 0. The fourth-order valence-electron chi connectivity index (χ4n) is 0.416. The van der Waals surface area contributed by atoms with Crippen LogP contribution in [0.25, 0.3) is 0 Å². The van der Waals surface area contributed by atoms with Gasteiger partial charge in [-0.25, -0.2) is 5.11 Å². The first-order valence-corrected chi connectivity index (χ1v) is 3.12. The molecule has 1 unspecified atom stereocenters. The van der Waals surface area contributed by atoms with Crippen molar-refractivity contribution in [2.75, 3.05) is 13.2 Å². The molecule has 0 aliphatic carbocycles. The van der Waals surface area contributed by atoms with E-state index in [-0.39, 0.29) is 0 Å². The molecule has 0 amide bonds. The first kappa shape index (κ1) is 8.66. The minimum absolute atomic E-state index is 0.505. The summed E-state index contributed by atoms with van der Waals surface area (Å²) in [7, 11) is 0. The SMILES string of the molecule is C=CCOCCC(C)[O]. The molecule has 2 nitrogen and oxygen atoms in total. The third-order valence-corrected chi connectivity index (χ3v) is 0.904. The number of ether oxygens (including phenoxy) is 1. The lowest BCUT2D eigenvalue weighted by molar-refractivity contribution is 0.0597. The van der Waals surface area contributed by atoms with Gasteiger partial charge in [0.1, 0.15) is 0 Å². The van der Waals surface area contributed by atoms with E-state index in [2.05, 4.69) is 6.58 Å². The average Bonchev–Trinajstić information content (AvgIpc) is 1.80. The van der Waals surface area contributed by atoms with E-state index in [9.17, 15) is 5.11 Å². The van der Waals surface area contributed by atoms with Crippen molar-refractivity contribution < 1.29 is 9.84 Å². The van der Waals surface area contributed by atoms with Crippen molar-refractivity contribution in [3.63, 3.8) is 0 Å². The van der Waals surface area contributed by atoms with Crippen LogP contribution in [-0.4, -0.2) is 19.3 Å². The van der Waals surface area contributed by atoms with Crippen LogP contribution < -0.4 is 0 Å². The van der Waals surface area contributed by atoms with E-state index in [1.165, 1.54) is 0 Å². The van der Waals surface area contributed by atoms with Crippen LogP contribution >= 0.6 is 0 Å². The van der Waals surface area contributed by atoms with Gasteiger partial charge in [0, 0.05) is 6.61 Å². The van der Waals surface area contributed by atoms with Crippen LogP contribution in [0, 0.1) is 0 Å². The molecule has 0 aromatic heterocycles. The van der Waals surface area contributed by atoms with Gasteiger partial charge in [0.2, 0.25) is 0 Å². The summed E-state index contributed by atoms with van der Waals surface area (Å²) in [5.41, 5.74) is 0. The van der Waals surface area contributed by atoms with E-state index >= 15 is 0 Å². The Bertz CT molecular complexity index is 69.3. The van der Waals surface area contributed by atoms with Gasteiger partial charge in [0.05, 0.1) is 12.7 Å². The average molecular weight is 129 g/mol. The summed E-state index contributed by atoms with van der Waals surface area (Å²) >= 11 is 0. The van der Waals surface area contributed by atoms with Crippen LogP contribution in [0.15, 0.2) is 12.7 Å². The van der Waals surface area contributed by atoms with Crippen molar-refractivity contribution in [2.45, 2.75) is 19.4 Å². The first-order chi connectivity index (χ1) is 4.27. The molecule has 53 valence electrons. The minimum atomic E-state index is -0.505. The summed E-state index contributed by atoms with van der Waals surface area (Å²) in [5, 5.41) is 10.4. The van der Waals surface area contributed by atoms with Crippen molar-refractivity contribution in [1.29, 1.82) is 0 Å². The molecular formula is C7H13O2. The summed E-state index contributed by atoms with van der Waals surface area (Å²) in [5.74, 6) is 0. The van der Waals surface area contributed by atoms with Gasteiger partial charge in [0.15, 0.2) is 0 Å². The van der Waals surface area contributed by atoms with Gasteiger partial charge < -0.3 is 4.74 Å². The fourth-order valence-corrected chi connectivity index (χ4v) is 0.416. The summed E-state index contributed by atoms with van der Waals surface area (Å²) in [6, 6.07) is 0. The highest BCUT2D eigenvalue weighted by Crippen LogP contribution is 1.90. The largest absolute Gasteiger partial charge is 0.377 e. The highest BCUT2D eigenvalue weighted by atomic mass is 16.5. The maximum atomic E-state index is 10.4. The van der Waals surface area contributed by atoms with E-state index in [1.54, 1.807) is 13.0 Å². The molecule has 1 radical (unpaired) electrons. The van der Waals surface area contributed by atoms with Crippen molar-refractivity contribution in [3.8, 4) is 0 Å². The van der Waals surface area contributed by atoms with E-state index in [1.807, 2.05) is 0 Å². The molecule has 0 spiro atoms. The van der Waals surface area contributed by atoms with E-state index in [0.29, 0.717) is 19.6 Å². The van der Waals surface area contributed by atoms with Crippen molar-refractivity contribution in [2.24, 2.45) is 0 Å². The van der Waals surface area contributed by atoms with Crippen LogP contribution in [-0.2, 0) is 9.84 Å². The van der Waals surface area contributed by atoms with Gasteiger partial charge in [-0.1, -0.05) is 6.08 Å². The first-order valence-electron chi connectivity index (χ1n) is 3.12. The van der Waals surface area contributed by atoms with Crippen LogP contribution in [0.3, 0.4) is 0 Å². The quantitative estimate of drug-likeness (QED) is 0.407. The summed E-state index contributed by atoms with van der Waals surface area (Å²) < 4.78 is 4.98. The zero-order valence-corrected chi connectivity index (χ0v) is 5.80. The maximum absolute atomic E-state index is 10.4. The Morgan fingerprint density at radius 1 is 1.78 bits per heavy atom. The van der Waals surface area contributed by atoms with Gasteiger partial charge in [-0.05, 0) is 13.3 Å². The van der Waals surface area contributed by atoms with E-state index in [4.69, 9.17) is 4.74 Å². The van der Waals surface area contributed by atoms with Gasteiger partial charge in [-0.3, -0.25) is 0 Å². The van der Waals surface area contributed by atoms with Crippen molar-refractivity contribution in [3.05, 3.63) is 12.7 Å². The van der Waals surface area contributed by atoms with Crippen LogP contribution in [0.4, 0.5) is 0 Å². The molecule has 0 aliphatic rings. The normalized spacial score (nSPS) is 13.1. The molecule has 0 heterocycles. The van der Waals surface area contributed by atoms with Gasteiger partial charge in [-0.2, -0.15) is 0 Å². The number of rotatable bonds is 5. The summed E-state index contributed by atoms with van der Waals surface area (Å²) in [6.07, 6.45) is 1.76. The van der Waals surface area contributed by atoms with Crippen LogP contribution in [0.2, 0.25) is 0 Å². The Hall–Kier alpha value is -0.340. The predicted molar refractivity (Wildman–Crippen MR) is 35.8 cm³/mol. The molecule has 0 rings (SSSR count). The molecule has 0 aromatic carbocycles.